The van der Waals surface area contributed by atoms with E-state index in [9.17, 15) is 25.5 Å². The molecule has 1 aliphatic rings. The molecule has 1 saturated heterocycles. The first-order valence-electron chi connectivity index (χ1n) is 9.06. The Hall–Kier alpha value is -1.51. The number of aryl methyl sites for hydroxylation is 1. The summed E-state index contributed by atoms with van der Waals surface area (Å²) in [5.74, 6) is 0. The van der Waals surface area contributed by atoms with Crippen molar-refractivity contribution >= 4 is 11.6 Å². The third-order valence-corrected chi connectivity index (χ3v) is 5.68. The van der Waals surface area contributed by atoms with Crippen LogP contribution in [-0.4, -0.2) is 56.6 Å². The number of halogens is 1. The SMILES string of the molecule is Cc1ccc(C(C)(O)c2cc(C3OC(CO)C(O)C(O)C3O)ccc2Cl)cc1. The molecule has 0 amide bonds. The number of aliphatic hydroxyl groups is 5. The summed E-state index contributed by atoms with van der Waals surface area (Å²) < 4.78 is 5.61. The van der Waals surface area contributed by atoms with Gasteiger partial charge in [0.1, 0.15) is 36.1 Å². The van der Waals surface area contributed by atoms with Crippen LogP contribution in [0.4, 0.5) is 0 Å². The highest BCUT2D eigenvalue weighted by Gasteiger charge is 2.44. The topological polar surface area (TPSA) is 110 Å². The zero-order chi connectivity index (χ0) is 20.6. The molecule has 0 spiro atoms. The Balaban J connectivity index is 2.00. The summed E-state index contributed by atoms with van der Waals surface area (Å²) in [6, 6.07) is 12.2. The van der Waals surface area contributed by atoms with Gasteiger partial charge in [0.2, 0.25) is 0 Å². The minimum atomic E-state index is -1.48. The second-order valence-electron chi connectivity index (χ2n) is 7.43. The predicted octanol–water partition coefficient (Wildman–Crippen LogP) is 1.42. The van der Waals surface area contributed by atoms with Crippen LogP contribution in [0.1, 0.15) is 35.3 Å². The first-order chi connectivity index (χ1) is 13.2. The smallest absolute Gasteiger partial charge is 0.113 e. The van der Waals surface area contributed by atoms with E-state index in [0.29, 0.717) is 21.7 Å². The molecule has 0 aromatic heterocycles. The van der Waals surface area contributed by atoms with Crippen molar-refractivity contribution in [2.24, 2.45) is 0 Å². The molecule has 6 nitrogen and oxygen atoms in total. The Kier molecular flexibility index (Phi) is 6.12. The molecule has 28 heavy (non-hydrogen) atoms. The number of hydrogen-bond acceptors (Lipinski definition) is 6. The molecule has 0 radical (unpaired) electrons. The lowest BCUT2D eigenvalue weighted by Crippen LogP contribution is -2.55. The minimum Gasteiger partial charge on any atom is -0.394 e. The van der Waals surface area contributed by atoms with Crippen molar-refractivity contribution in [3.05, 3.63) is 69.7 Å². The van der Waals surface area contributed by atoms with Crippen LogP contribution in [0.2, 0.25) is 5.02 Å². The van der Waals surface area contributed by atoms with E-state index in [0.717, 1.165) is 5.56 Å². The molecule has 2 aromatic rings. The number of ether oxygens (including phenoxy) is 1. The van der Waals surface area contributed by atoms with E-state index in [1.807, 2.05) is 31.2 Å². The predicted molar refractivity (Wildman–Crippen MR) is 104 cm³/mol. The van der Waals surface area contributed by atoms with Gasteiger partial charge in [0.25, 0.3) is 0 Å². The van der Waals surface area contributed by atoms with Crippen molar-refractivity contribution in [2.75, 3.05) is 6.61 Å². The normalized spacial score (nSPS) is 30.1. The summed E-state index contributed by atoms with van der Waals surface area (Å²) in [6.45, 7) is 3.06. The molecule has 6 unspecified atom stereocenters. The molecular weight excluding hydrogens is 384 g/mol. The van der Waals surface area contributed by atoms with Crippen molar-refractivity contribution in [2.45, 2.75) is 50.0 Å². The molecule has 1 heterocycles. The molecule has 2 aromatic carbocycles. The quantitative estimate of drug-likeness (QED) is 0.523. The van der Waals surface area contributed by atoms with Crippen LogP contribution < -0.4 is 0 Å². The van der Waals surface area contributed by atoms with E-state index in [1.165, 1.54) is 0 Å². The molecule has 1 fully saturated rings. The molecule has 152 valence electrons. The molecule has 1 aliphatic heterocycles. The molecule has 5 N–H and O–H groups in total. The van der Waals surface area contributed by atoms with Crippen LogP contribution in [0.25, 0.3) is 0 Å². The van der Waals surface area contributed by atoms with Crippen LogP contribution in [-0.2, 0) is 10.3 Å². The Morgan fingerprint density at radius 3 is 2.25 bits per heavy atom. The fraction of sp³-hybridized carbons (Fsp3) is 0.429. The molecule has 0 bridgehead atoms. The van der Waals surface area contributed by atoms with Crippen LogP contribution in [0.15, 0.2) is 42.5 Å². The Bertz CT molecular complexity index is 820. The summed E-state index contributed by atoms with van der Waals surface area (Å²) in [5, 5.41) is 51.3. The largest absolute Gasteiger partial charge is 0.394 e. The Morgan fingerprint density at radius 1 is 1.00 bits per heavy atom. The molecule has 6 atom stereocenters. The van der Waals surface area contributed by atoms with E-state index >= 15 is 0 Å². The van der Waals surface area contributed by atoms with Crippen molar-refractivity contribution in [3.63, 3.8) is 0 Å². The van der Waals surface area contributed by atoms with Gasteiger partial charge in [-0.3, -0.25) is 0 Å². The second-order valence-corrected chi connectivity index (χ2v) is 7.83. The van der Waals surface area contributed by atoms with Crippen LogP contribution in [0, 0.1) is 6.92 Å². The average Bonchev–Trinajstić information content (AvgIpc) is 2.67. The maximum absolute atomic E-state index is 11.2. The Labute approximate surface area is 168 Å². The molecular formula is C21H25ClO6. The lowest BCUT2D eigenvalue weighted by molar-refractivity contribution is -0.231. The van der Waals surface area contributed by atoms with Crippen molar-refractivity contribution in [3.8, 4) is 0 Å². The van der Waals surface area contributed by atoms with Gasteiger partial charge in [-0.1, -0.05) is 47.5 Å². The highest BCUT2D eigenvalue weighted by atomic mass is 35.5. The van der Waals surface area contributed by atoms with E-state index < -0.39 is 42.7 Å². The van der Waals surface area contributed by atoms with E-state index in [-0.39, 0.29) is 0 Å². The third-order valence-electron chi connectivity index (χ3n) is 5.35. The van der Waals surface area contributed by atoms with Crippen molar-refractivity contribution in [1.82, 2.24) is 0 Å². The number of benzene rings is 2. The fourth-order valence-corrected chi connectivity index (χ4v) is 3.81. The highest BCUT2D eigenvalue weighted by Crippen LogP contribution is 2.38. The molecule has 0 aliphatic carbocycles. The van der Waals surface area contributed by atoms with Gasteiger partial charge in [-0.25, -0.2) is 0 Å². The van der Waals surface area contributed by atoms with E-state index in [2.05, 4.69) is 0 Å². The van der Waals surface area contributed by atoms with Crippen molar-refractivity contribution < 1.29 is 30.3 Å². The summed E-state index contributed by atoms with van der Waals surface area (Å²) in [5.41, 5.74) is 1.16. The summed E-state index contributed by atoms with van der Waals surface area (Å²) >= 11 is 6.35. The maximum atomic E-state index is 11.2. The van der Waals surface area contributed by atoms with Crippen LogP contribution >= 0.6 is 11.6 Å². The zero-order valence-corrected chi connectivity index (χ0v) is 16.4. The zero-order valence-electron chi connectivity index (χ0n) is 15.7. The number of rotatable bonds is 4. The lowest BCUT2D eigenvalue weighted by atomic mass is 9.85. The summed E-state index contributed by atoms with van der Waals surface area (Å²) in [7, 11) is 0. The van der Waals surface area contributed by atoms with Gasteiger partial charge < -0.3 is 30.3 Å². The van der Waals surface area contributed by atoms with Gasteiger partial charge in [0.15, 0.2) is 0 Å². The maximum Gasteiger partial charge on any atom is 0.113 e. The third kappa shape index (κ3) is 3.82. The highest BCUT2D eigenvalue weighted by molar-refractivity contribution is 6.31. The van der Waals surface area contributed by atoms with E-state index in [4.69, 9.17) is 16.3 Å². The van der Waals surface area contributed by atoms with Gasteiger partial charge >= 0.3 is 0 Å². The summed E-state index contributed by atoms with van der Waals surface area (Å²) in [4.78, 5) is 0. The van der Waals surface area contributed by atoms with E-state index in [1.54, 1.807) is 25.1 Å². The van der Waals surface area contributed by atoms with Crippen molar-refractivity contribution in [1.29, 1.82) is 0 Å². The fourth-order valence-electron chi connectivity index (χ4n) is 3.50. The van der Waals surface area contributed by atoms with Crippen LogP contribution in [0.5, 0.6) is 0 Å². The van der Waals surface area contributed by atoms with Gasteiger partial charge in [-0.05, 0) is 37.1 Å². The first kappa shape index (κ1) is 21.2. The molecule has 7 heteroatoms. The molecule has 3 rings (SSSR count). The van der Waals surface area contributed by atoms with Gasteiger partial charge in [-0.2, -0.15) is 0 Å². The Morgan fingerprint density at radius 2 is 1.64 bits per heavy atom. The lowest BCUT2D eigenvalue weighted by Gasteiger charge is -2.40. The van der Waals surface area contributed by atoms with Gasteiger partial charge in [0, 0.05) is 10.6 Å². The standard InChI is InChI=1S/C21H25ClO6/c1-11-3-6-13(7-4-11)21(2,27)14-9-12(5-8-15(14)22)20-19(26)18(25)17(24)16(10-23)28-20/h3-9,16-20,23-27H,10H2,1-2H3. The van der Waals surface area contributed by atoms with Gasteiger partial charge in [0.05, 0.1) is 6.61 Å². The van der Waals surface area contributed by atoms with Crippen LogP contribution in [0.3, 0.4) is 0 Å². The summed E-state index contributed by atoms with van der Waals surface area (Å²) in [6.07, 6.45) is -6.33. The first-order valence-corrected chi connectivity index (χ1v) is 9.44. The molecule has 0 saturated carbocycles. The minimum absolute atomic E-state index is 0.332. The second kappa shape index (κ2) is 8.08. The monoisotopic (exact) mass is 408 g/mol. The number of aliphatic hydroxyl groups excluding tert-OH is 4. The van der Waals surface area contributed by atoms with Gasteiger partial charge in [-0.15, -0.1) is 0 Å². The average molecular weight is 409 g/mol. The number of hydrogen-bond donors (Lipinski definition) is 5.